The molecule has 0 atom stereocenters. The predicted octanol–water partition coefficient (Wildman–Crippen LogP) is 5.39. The highest BCUT2D eigenvalue weighted by Crippen LogP contribution is 2.37. The van der Waals surface area contributed by atoms with E-state index in [0.717, 1.165) is 16.7 Å². The number of benzene rings is 2. The molecule has 0 aliphatic carbocycles. The van der Waals surface area contributed by atoms with Crippen molar-refractivity contribution in [3.8, 4) is 34.0 Å². The van der Waals surface area contributed by atoms with E-state index >= 15 is 0 Å². The molecule has 0 spiro atoms. The van der Waals surface area contributed by atoms with Crippen LogP contribution in [0.5, 0.6) is 11.8 Å². The highest BCUT2D eigenvalue weighted by molar-refractivity contribution is 5.87. The summed E-state index contributed by atoms with van der Waals surface area (Å²) in [5.74, 6) is 0.335. The van der Waals surface area contributed by atoms with Crippen LogP contribution in [-0.4, -0.2) is 16.1 Å². The van der Waals surface area contributed by atoms with Crippen molar-refractivity contribution in [1.82, 2.24) is 9.97 Å². The number of nitrogens with zero attached hydrogens (tertiary/aromatic N) is 2. The number of ether oxygens (including phenoxy) is 2. The Morgan fingerprint density at radius 3 is 2.00 bits per heavy atom. The zero-order valence-electron chi connectivity index (χ0n) is 14.9. The van der Waals surface area contributed by atoms with E-state index in [-0.39, 0.29) is 11.8 Å². The molecule has 0 N–H and O–H groups in total. The SMILES string of the molecule is O=C(Oc1ccccn1)Oc1nccc(-c2ccccc2)c1-c1ccccc1. The molecule has 136 valence electrons. The highest BCUT2D eigenvalue weighted by atomic mass is 16.7. The highest BCUT2D eigenvalue weighted by Gasteiger charge is 2.18. The van der Waals surface area contributed by atoms with Gasteiger partial charge < -0.3 is 9.47 Å². The van der Waals surface area contributed by atoms with Crippen molar-refractivity contribution in [2.75, 3.05) is 0 Å². The maximum Gasteiger partial charge on any atom is 0.522 e. The fourth-order valence-corrected chi connectivity index (χ4v) is 2.85. The maximum atomic E-state index is 12.3. The first-order chi connectivity index (χ1) is 13.8. The Labute approximate surface area is 162 Å². The molecule has 28 heavy (non-hydrogen) atoms. The molecule has 0 aliphatic heterocycles. The number of carbonyl (C=O) groups excluding carboxylic acids is 1. The Morgan fingerprint density at radius 1 is 0.643 bits per heavy atom. The summed E-state index contributed by atoms with van der Waals surface area (Å²) in [5, 5.41) is 0. The predicted molar refractivity (Wildman–Crippen MR) is 106 cm³/mol. The Morgan fingerprint density at radius 2 is 1.32 bits per heavy atom. The van der Waals surface area contributed by atoms with E-state index in [9.17, 15) is 4.79 Å². The third-order valence-electron chi connectivity index (χ3n) is 4.07. The summed E-state index contributed by atoms with van der Waals surface area (Å²) >= 11 is 0. The summed E-state index contributed by atoms with van der Waals surface area (Å²) in [4.78, 5) is 20.5. The summed E-state index contributed by atoms with van der Waals surface area (Å²) in [6, 6.07) is 26.5. The zero-order valence-corrected chi connectivity index (χ0v) is 14.9. The number of hydrogen-bond donors (Lipinski definition) is 0. The molecule has 0 fully saturated rings. The second-order valence-electron chi connectivity index (χ2n) is 5.89. The van der Waals surface area contributed by atoms with Crippen LogP contribution in [0, 0.1) is 0 Å². The van der Waals surface area contributed by atoms with Crippen LogP contribution in [0.4, 0.5) is 4.79 Å². The minimum Gasteiger partial charge on any atom is -0.376 e. The van der Waals surface area contributed by atoms with Gasteiger partial charge in [0, 0.05) is 18.5 Å². The second-order valence-corrected chi connectivity index (χ2v) is 5.89. The minimum absolute atomic E-state index is 0.160. The topological polar surface area (TPSA) is 61.3 Å². The standard InChI is InChI=1S/C23H16N2O3/c26-23(27-20-13-7-8-15-24-20)28-22-21(18-11-5-2-6-12-18)19(14-16-25-22)17-9-3-1-4-10-17/h1-16H. The average molecular weight is 368 g/mol. The van der Waals surface area contributed by atoms with Crippen molar-refractivity contribution in [3.05, 3.63) is 97.3 Å². The van der Waals surface area contributed by atoms with E-state index in [1.807, 2.05) is 66.7 Å². The summed E-state index contributed by atoms with van der Waals surface area (Å²) in [7, 11) is 0. The van der Waals surface area contributed by atoms with Gasteiger partial charge in [-0.25, -0.2) is 14.8 Å². The van der Waals surface area contributed by atoms with E-state index in [0.29, 0.717) is 5.56 Å². The molecule has 2 aromatic carbocycles. The molecule has 5 nitrogen and oxygen atoms in total. The zero-order chi connectivity index (χ0) is 19.2. The second kappa shape index (κ2) is 8.14. The number of carbonyl (C=O) groups is 1. The van der Waals surface area contributed by atoms with Gasteiger partial charge in [0.25, 0.3) is 0 Å². The first kappa shape index (κ1) is 17.4. The van der Waals surface area contributed by atoms with Crippen LogP contribution in [0.2, 0.25) is 0 Å². The average Bonchev–Trinajstić information content (AvgIpc) is 2.75. The number of pyridine rings is 2. The summed E-state index contributed by atoms with van der Waals surface area (Å²) < 4.78 is 10.6. The van der Waals surface area contributed by atoms with Gasteiger partial charge in [-0.15, -0.1) is 0 Å². The molecule has 4 rings (SSSR count). The Bertz CT molecular complexity index is 1070. The lowest BCUT2D eigenvalue weighted by Crippen LogP contribution is -2.15. The van der Waals surface area contributed by atoms with Gasteiger partial charge in [0.1, 0.15) is 0 Å². The molecule has 0 unspecified atom stereocenters. The molecular formula is C23H16N2O3. The number of aromatic nitrogens is 2. The molecule has 0 saturated heterocycles. The Balaban J connectivity index is 1.74. The van der Waals surface area contributed by atoms with Crippen LogP contribution >= 0.6 is 0 Å². The molecular weight excluding hydrogens is 352 g/mol. The van der Waals surface area contributed by atoms with Gasteiger partial charge in [-0.2, -0.15) is 0 Å². The van der Waals surface area contributed by atoms with Gasteiger partial charge in [-0.05, 0) is 28.8 Å². The molecule has 0 aliphatic rings. The summed E-state index contributed by atoms with van der Waals surface area (Å²) in [5.41, 5.74) is 3.50. The van der Waals surface area contributed by atoms with Crippen LogP contribution in [0.1, 0.15) is 0 Å². The van der Waals surface area contributed by atoms with Crippen LogP contribution in [0.3, 0.4) is 0 Å². The maximum absolute atomic E-state index is 12.3. The lowest BCUT2D eigenvalue weighted by atomic mass is 9.96. The lowest BCUT2D eigenvalue weighted by molar-refractivity contribution is 0.148. The lowest BCUT2D eigenvalue weighted by Gasteiger charge is -2.14. The van der Waals surface area contributed by atoms with Crippen LogP contribution in [0.25, 0.3) is 22.3 Å². The fourth-order valence-electron chi connectivity index (χ4n) is 2.85. The van der Waals surface area contributed by atoms with E-state index in [1.54, 1.807) is 24.4 Å². The van der Waals surface area contributed by atoms with Crippen molar-refractivity contribution in [1.29, 1.82) is 0 Å². The summed E-state index contributed by atoms with van der Waals surface area (Å²) in [6.07, 6.45) is 2.25. The van der Waals surface area contributed by atoms with E-state index in [4.69, 9.17) is 9.47 Å². The first-order valence-electron chi connectivity index (χ1n) is 8.72. The van der Waals surface area contributed by atoms with Crippen molar-refractivity contribution >= 4 is 6.16 Å². The molecule has 5 heteroatoms. The van der Waals surface area contributed by atoms with E-state index < -0.39 is 6.16 Å². The third kappa shape index (κ3) is 3.88. The molecule has 2 heterocycles. The van der Waals surface area contributed by atoms with Gasteiger partial charge in [0.15, 0.2) is 0 Å². The quantitative estimate of drug-likeness (QED) is 0.452. The van der Waals surface area contributed by atoms with Crippen molar-refractivity contribution < 1.29 is 14.3 Å². The van der Waals surface area contributed by atoms with Crippen molar-refractivity contribution in [2.45, 2.75) is 0 Å². The van der Waals surface area contributed by atoms with Crippen LogP contribution in [0.15, 0.2) is 97.3 Å². The van der Waals surface area contributed by atoms with Gasteiger partial charge in [0.2, 0.25) is 11.8 Å². The number of rotatable bonds is 4. The van der Waals surface area contributed by atoms with Crippen LogP contribution in [-0.2, 0) is 0 Å². The van der Waals surface area contributed by atoms with Gasteiger partial charge in [0.05, 0.1) is 5.56 Å². The van der Waals surface area contributed by atoms with E-state index in [1.165, 1.54) is 6.20 Å². The van der Waals surface area contributed by atoms with Gasteiger partial charge in [-0.1, -0.05) is 66.7 Å². The first-order valence-corrected chi connectivity index (χ1v) is 8.72. The van der Waals surface area contributed by atoms with Crippen molar-refractivity contribution in [3.63, 3.8) is 0 Å². The molecule has 0 bridgehead atoms. The monoisotopic (exact) mass is 368 g/mol. The fraction of sp³-hybridized carbons (Fsp3) is 0. The Hall–Kier alpha value is -3.99. The molecule has 0 radical (unpaired) electrons. The minimum atomic E-state index is -0.895. The molecule has 2 aromatic heterocycles. The normalized spacial score (nSPS) is 10.3. The molecule has 4 aromatic rings. The number of hydrogen-bond acceptors (Lipinski definition) is 5. The van der Waals surface area contributed by atoms with Gasteiger partial charge >= 0.3 is 6.16 Å². The van der Waals surface area contributed by atoms with Gasteiger partial charge in [-0.3, -0.25) is 0 Å². The Kier molecular flexibility index (Phi) is 5.06. The van der Waals surface area contributed by atoms with Crippen molar-refractivity contribution in [2.24, 2.45) is 0 Å². The molecule has 0 saturated carbocycles. The third-order valence-corrected chi connectivity index (χ3v) is 4.07. The smallest absolute Gasteiger partial charge is 0.376 e. The van der Waals surface area contributed by atoms with E-state index in [2.05, 4.69) is 9.97 Å². The van der Waals surface area contributed by atoms with Crippen LogP contribution < -0.4 is 9.47 Å². The molecule has 0 amide bonds. The largest absolute Gasteiger partial charge is 0.522 e. The summed E-state index contributed by atoms with van der Waals surface area (Å²) in [6.45, 7) is 0.